The highest BCUT2D eigenvalue weighted by Crippen LogP contribution is 2.24. The minimum absolute atomic E-state index is 0.230. The zero-order valence-corrected chi connectivity index (χ0v) is 14.4. The molecule has 1 heterocycles. The number of amides is 1. The number of β-amino-alcohol motifs (C(OH)–C–C–N with tert-alkyl or cyclic N) is 1. The fourth-order valence-electron chi connectivity index (χ4n) is 3.40. The van der Waals surface area contributed by atoms with E-state index >= 15 is 0 Å². The van der Waals surface area contributed by atoms with Crippen LogP contribution in [0.3, 0.4) is 0 Å². The number of hydrogen-bond acceptors (Lipinski definition) is 3. The van der Waals surface area contributed by atoms with Crippen molar-refractivity contribution in [1.29, 1.82) is 0 Å². The second-order valence-corrected chi connectivity index (χ2v) is 6.84. The molecule has 1 N–H and O–H groups in total. The van der Waals surface area contributed by atoms with Gasteiger partial charge in [-0.1, -0.05) is 36.4 Å². The lowest BCUT2D eigenvalue weighted by molar-refractivity contribution is 0.0170. The Morgan fingerprint density at radius 3 is 2.72 bits per heavy atom. The lowest BCUT2D eigenvalue weighted by atomic mass is 10.0. The number of likely N-dealkylation sites (tertiary alicyclic amines) is 1. The summed E-state index contributed by atoms with van der Waals surface area (Å²) in [4.78, 5) is 16.1. The molecule has 132 valence electrons. The van der Waals surface area contributed by atoms with Crippen LogP contribution >= 0.6 is 0 Å². The van der Waals surface area contributed by atoms with Crippen molar-refractivity contribution in [1.82, 2.24) is 9.80 Å². The van der Waals surface area contributed by atoms with Gasteiger partial charge in [0.1, 0.15) is 5.82 Å². The molecule has 1 fully saturated rings. The van der Waals surface area contributed by atoms with E-state index in [9.17, 15) is 14.3 Å². The Hall–Kier alpha value is -2.24. The molecule has 1 amide bonds. The maximum Gasteiger partial charge on any atom is 0.253 e. The van der Waals surface area contributed by atoms with Crippen LogP contribution in [0.4, 0.5) is 4.39 Å². The van der Waals surface area contributed by atoms with E-state index < -0.39 is 11.4 Å². The van der Waals surface area contributed by atoms with E-state index in [1.165, 1.54) is 28.7 Å². The summed E-state index contributed by atoms with van der Waals surface area (Å²) < 4.78 is 13.3. The van der Waals surface area contributed by atoms with Gasteiger partial charge in [-0.2, -0.15) is 0 Å². The molecular formula is C20H23FN2O2. The molecule has 0 aliphatic carbocycles. The van der Waals surface area contributed by atoms with E-state index in [2.05, 4.69) is 17.0 Å². The van der Waals surface area contributed by atoms with Crippen LogP contribution in [-0.4, -0.2) is 53.1 Å². The van der Waals surface area contributed by atoms with Crippen LogP contribution in [0.25, 0.3) is 0 Å². The Balaban J connectivity index is 1.59. The standard InChI is InChI=1S/C20H23FN2O2/c1-22(19(24)17-8-5-9-18(21)12-17)14-20(25)10-11-23(15-20)13-16-6-3-2-4-7-16/h2-9,12,25H,10-11,13-15H2,1H3/t20-/m0/s1. The molecule has 25 heavy (non-hydrogen) atoms. The van der Waals surface area contributed by atoms with E-state index in [0.29, 0.717) is 18.5 Å². The van der Waals surface area contributed by atoms with E-state index in [-0.39, 0.29) is 12.5 Å². The molecule has 0 radical (unpaired) electrons. The third kappa shape index (κ3) is 4.44. The van der Waals surface area contributed by atoms with Crippen LogP contribution in [0.5, 0.6) is 0 Å². The molecule has 0 unspecified atom stereocenters. The summed E-state index contributed by atoms with van der Waals surface area (Å²) in [6, 6.07) is 15.8. The predicted octanol–water partition coefficient (Wildman–Crippen LogP) is 2.53. The van der Waals surface area contributed by atoms with Crippen molar-refractivity contribution in [2.75, 3.05) is 26.7 Å². The summed E-state index contributed by atoms with van der Waals surface area (Å²) in [5.41, 5.74) is 0.563. The number of hydrogen-bond donors (Lipinski definition) is 1. The fourth-order valence-corrected chi connectivity index (χ4v) is 3.40. The molecule has 3 rings (SSSR count). The van der Waals surface area contributed by atoms with E-state index in [1.807, 2.05) is 18.2 Å². The van der Waals surface area contributed by atoms with Gasteiger partial charge >= 0.3 is 0 Å². The van der Waals surface area contributed by atoms with Crippen molar-refractivity contribution >= 4 is 5.91 Å². The minimum Gasteiger partial charge on any atom is -0.387 e. The zero-order chi connectivity index (χ0) is 17.9. The zero-order valence-electron chi connectivity index (χ0n) is 14.4. The largest absolute Gasteiger partial charge is 0.387 e. The van der Waals surface area contributed by atoms with Gasteiger partial charge in [0.25, 0.3) is 5.91 Å². The summed E-state index contributed by atoms with van der Waals surface area (Å²) in [6.45, 7) is 2.31. The first-order chi connectivity index (χ1) is 12.0. The Morgan fingerprint density at radius 2 is 2.00 bits per heavy atom. The normalized spacial score (nSPS) is 20.6. The number of benzene rings is 2. The number of likely N-dealkylation sites (N-methyl/N-ethyl adjacent to an activating group) is 1. The summed E-state index contributed by atoms with van der Waals surface area (Å²) in [5, 5.41) is 10.9. The van der Waals surface area contributed by atoms with Crippen LogP contribution < -0.4 is 0 Å². The first kappa shape index (κ1) is 17.6. The van der Waals surface area contributed by atoms with Crippen LogP contribution in [0.2, 0.25) is 0 Å². The molecule has 2 aromatic carbocycles. The number of aliphatic hydroxyl groups is 1. The molecule has 1 saturated heterocycles. The number of carbonyl (C=O) groups excluding carboxylic acids is 1. The highest BCUT2D eigenvalue weighted by molar-refractivity contribution is 5.94. The van der Waals surface area contributed by atoms with Crippen LogP contribution in [0.1, 0.15) is 22.3 Å². The average molecular weight is 342 g/mol. The SMILES string of the molecule is CN(C[C@@]1(O)CCN(Cc2ccccc2)C1)C(=O)c1cccc(F)c1. The average Bonchev–Trinajstić information content (AvgIpc) is 2.95. The van der Waals surface area contributed by atoms with Crippen molar-refractivity contribution in [3.63, 3.8) is 0 Å². The molecule has 0 aromatic heterocycles. The summed E-state index contributed by atoms with van der Waals surface area (Å²) in [6.07, 6.45) is 0.612. The van der Waals surface area contributed by atoms with Gasteiger partial charge in [-0.25, -0.2) is 4.39 Å². The van der Waals surface area contributed by atoms with Gasteiger partial charge in [0.15, 0.2) is 0 Å². The number of carbonyl (C=O) groups is 1. The predicted molar refractivity (Wildman–Crippen MR) is 94.6 cm³/mol. The minimum atomic E-state index is -0.938. The van der Waals surface area contributed by atoms with Crippen LogP contribution in [0.15, 0.2) is 54.6 Å². The van der Waals surface area contributed by atoms with Gasteiger partial charge in [-0.3, -0.25) is 9.69 Å². The van der Waals surface area contributed by atoms with Crippen LogP contribution in [-0.2, 0) is 6.54 Å². The highest BCUT2D eigenvalue weighted by Gasteiger charge is 2.37. The van der Waals surface area contributed by atoms with E-state index in [4.69, 9.17) is 0 Å². The van der Waals surface area contributed by atoms with Gasteiger partial charge in [-0.15, -0.1) is 0 Å². The van der Waals surface area contributed by atoms with Gasteiger partial charge in [0.05, 0.1) is 12.1 Å². The van der Waals surface area contributed by atoms with E-state index in [1.54, 1.807) is 13.1 Å². The topological polar surface area (TPSA) is 43.8 Å². The third-order valence-corrected chi connectivity index (χ3v) is 4.61. The Morgan fingerprint density at radius 1 is 1.24 bits per heavy atom. The Labute approximate surface area is 147 Å². The van der Waals surface area contributed by atoms with Crippen molar-refractivity contribution in [3.05, 3.63) is 71.5 Å². The first-order valence-corrected chi connectivity index (χ1v) is 8.45. The summed E-state index contributed by atoms with van der Waals surface area (Å²) in [7, 11) is 1.64. The van der Waals surface area contributed by atoms with Gasteiger partial charge < -0.3 is 10.0 Å². The monoisotopic (exact) mass is 342 g/mol. The van der Waals surface area contributed by atoms with Gasteiger partial charge in [0, 0.05) is 32.2 Å². The maximum atomic E-state index is 13.3. The lowest BCUT2D eigenvalue weighted by Gasteiger charge is -2.29. The van der Waals surface area contributed by atoms with E-state index in [0.717, 1.165) is 13.1 Å². The highest BCUT2D eigenvalue weighted by atomic mass is 19.1. The quantitative estimate of drug-likeness (QED) is 0.908. The van der Waals surface area contributed by atoms with Crippen molar-refractivity contribution < 1.29 is 14.3 Å². The molecule has 1 aliphatic rings. The summed E-state index contributed by atoms with van der Waals surface area (Å²) in [5.74, 6) is -0.720. The molecule has 4 nitrogen and oxygen atoms in total. The molecule has 1 aliphatic heterocycles. The van der Waals surface area contributed by atoms with Gasteiger partial charge in [0.2, 0.25) is 0 Å². The Kier molecular flexibility index (Phi) is 5.16. The van der Waals surface area contributed by atoms with Crippen molar-refractivity contribution in [2.45, 2.75) is 18.6 Å². The molecule has 0 saturated carbocycles. The maximum absolute atomic E-state index is 13.3. The Bertz CT molecular complexity index is 737. The number of halogens is 1. The second-order valence-electron chi connectivity index (χ2n) is 6.84. The third-order valence-electron chi connectivity index (χ3n) is 4.61. The number of nitrogens with zero attached hydrogens (tertiary/aromatic N) is 2. The van der Waals surface area contributed by atoms with Crippen LogP contribution in [0, 0.1) is 5.82 Å². The fraction of sp³-hybridized carbons (Fsp3) is 0.350. The summed E-state index contributed by atoms with van der Waals surface area (Å²) >= 11 is 0. The lowest BCUT2D eigenvalue weighted by Crippen LogP contribution is -2.45. The molecule has 5 heteroatoms. The molecular weight excluding hydrogens is 319 g/mol. The molecule has 1 atom stereocenters. The van der Waals surface area contributed by atoms with Crippen molar-refractivity contribution in [3.8, 4) is 0 Å². The first-order valence-electron chi connectivity index (χ1n) is 8.45. The van der Waals surface area contributed by atoms with Gasteiger partial charge in [-0.05, 0) is 30.2 Å². The van der Waals surface area contributed by atoms with Crippen molar-refractivity contribution in [2.24, 2.45) is 0 Å². The second kappa shape index (κ2) is 7.33. The number of rotatable bonds is 5. The molecule has 0 bridgehead atoms. The molecule has 2 aromatic rings. The smallest absolute Gasteiger partial charge is 0.253 e. The molecule has 0 spiro atoms.